The van der Waals surface area contributed by atoms with E-state index in [1.54, 1.807) is 0 Å². The number of Topliss-reactive ketones (excluding diaryl/α,β-unsaturated/α-hetero) is 1. The Kier molecular flexibility index (Phi) is 5.85. The minimum atomic E-state index is 0. The predicted octanol–water partition coefficient (Wildman–Crippen LogP) is -0.548. The molecule has 1 aromatic carbocycles. The van der Waals surface area contributed by atoms with Crippen LogP contribution in [0.4, 0.5) is 0 Å². The molecule has 1 aliphatic heterocycles. The van der Waals surface area contributed by atoms with Crippen molar-refractivity contribution < 1.29 is 21.8 Å². The zero-order chi connectivity index (χ0) is 10.5. The van der Waals surface area contributed by atoms with E-state index < -0.39 is 0 Å². The van der Waals surface area contributed by atoms with Gasteiger partial charge >= 0.3 is 0 Å². The molecule has 0 saturated heterocycles. The Balaban J connectivity index is 0.00000128. The molecule has 1 aliphatic rings. The molecule has 3 heteroatoms. The Morgan fingerprint density at radius 1 is 1.19 bits per heavy atom. The van der Waals surface area contributed by atoms with Gasteiger partial charge in [0.15, 0.2) is 5.75 Å². The second kappa shape index (κ2) is 6.92. The number of hydrogen-bond acceptors (Lipinski definition) is 1. The molecule has 2 rings (SSSR count). The molecule has 0 saturated carbocycles. The molecule has 1 heterocycles. The van der Waals surface area contributed by atoms with E-state index in [2.05, 4.69) is 12.2 Å². The fraction of sp³-hybridized carbons (Fsp3) is 0.308. The van der Waals surface area contributed by atoms with Crippen LogP contribution in [0.3, 0.4) is 0 Å². The molecule has 0 bridgehead atoms. The Morgan fingerprint density at radius 2 is 1.94 bits per heavy atom. The third kappa shape index (κ3) is 3.80. The summed E-state index contributed by atoms with van der Waals surface area (Å²) < 4.78 is 0. The first-order valence-electron chi connectivity index (χ1n) is 5.23. The van der Waals surface area contributed by atoms with E-state index in [9.17, 15) is 4.79 Å². The number of ketones is 1. The molecule has 16 heavy (non-hydrogen) atoms. The number of hydrogen-bond donors (Lipinski definition) is 0. The smallest absolute Gasteiger partial charge is 0.211 e. The van der Waals surface area contributed by atoms with Crippen molar-refractivity contribution in [1.29, 1.82) is 0 Å². The van der Waals surface area contributed by atoms with Gasteiger partial charge in [-0.05, 0) is 17.0 Å². The fourth-order valence-electron chi connectivity index (χ4n) is 1.66. The molecule has 0 aromatic heterocycles. The third-order valence-corrected chi connectivity index (χ3v) is 4.65. The second-order valence-electron chi connectivity index (χ2n) is 3.68. The summed E-state index contributed by atoms with van der Waals surface area (Å²) in [5.41, 5.74) is 0.861. The van der Waals surface area contributed by atoms with Gasteiger partial charge in [-0.1, -0.05) is 36.4 Å². The van der Waals surface area contributed by atoms with E-state index in [-0.39, 0.29) is 27.9 Å². The number of benzene rings is 1. The molecule has 0 amide bonds. The molecule has 1 aromatic rings. The van der Waals surface area contributed by atoms with Gasteiger partial charge in [-0.3, -0.25) is 4.79 Å². The molecule has 0 aliphatic carbocycles. The molecule has 1 nitrogen and oxygen atoms in total. The Bertz CT molecular complexity index is 361. The average molecular weight is 299 g/mol. The molecule has 0 N–H and O–H groups in total. The first-order chi connectivity index (χ1) is 7.36. The molecule has 1 atom stereocenters. The Labute approximate surface area is 110 Å². The summed E-state index contributed by atoms with van der Waals surface area (Å²) in [5, 5.41) is 0. The zero-order valence-corrected chi connectivity index (χ0v) is 11.5. The number of allylic oxidation sites excluding steroid dienone is 1. The van der Waals surface area contributed by atoms with Gasteiger partial charge in [-0.2, -0.15) is 0 Å². The van der Waals surface area contributed by atoms with Crippen molar-refractivity contribution in [3.63, 3.8) is 0 Å². The summed E-state index contributed by atoms with van der Waals surface area (Å²) in [5.74, 6) is 3.32. The van der Waals surface area contributed by atoms with Crippen LogP contribution in [0.25, 0.3) is 0 Å². The fourth-order valence-corrected chi connectivity index (χ4v) is 3.51. The van der Waals surface area contributed by atoms with Gasteiger partial charge in [-0.15, -0.1) is 0 Å². The number of carbonyl (C=O) groups is 1. The molecule has 0 radical (unpaired) electrons. The van der Waals surface area contributed by atoms with Gasteiger partial charge in [0.05, 0.1) is 0 Å². The van der Waals surface area contributed by atoms with Crippen molar-refractivity contribution >= 4 is 16.7 Å². The number of rotatable bonds is 3. The van der Waals surface area contributed by atoms with Gasteiger partial charge < -0.3 is 17.0 Å². The zero-order valence-electron chi connectivity index (χ0n) is 9.06. The minimum Gasteiger partial charge on any atom is -1.00 e. The summed E-state index contributed by atoms with van der Waals surface area (Å²) in [6, 6.07) is 9.62. The highest BCUT2D eigenvalue weighted by molar-refractivity contribution is 7.97. The van der Waals surface area contributed by atoms with E-state index in [0.29, 0.717) is 5.78 Å². The molecule has 1 unspecified atom stereocenters. The van der Waals surface area contributed by atoms with Crippen LogP contribution in [-0.4, -0.2) is 23.0 Å². The van der Waals surface area contributed by atoms with Crippen LogP contribution in [0, 0.1) is 0 Å². The quantitative estimate of drug-likeness (QED) is 0.416. The van der Waals surface area contributed by atoms with E-state index >= 15 is 0 Å². The van der Waals surface area contributed by atoms with Crippen molar-refractivity contribution in [1.82, 2.24) is 0 Å². The predicted molar refractivity (Wildman–Crippen MR) is 66.5 cm³/mol. The third-order valence-electron chi connectivity index (χ3n) is 2.50. The minimum absolute atomic E-state index is 0. The Hall–Kier alpha value is -0.540. The van der Waals surface area contributed by atoms with Crippen molar-refractivity contribution in [2.75, 3.05) is 17.3 Å². The van der Waals surface area contributed by atoms with Crippen molar-refractivity contribution in [3.8, 4) is 0 Å². The largest absolute Gasteiger partial charge is 1.00 e. The van der Waals surface area contributed by atoms with Gasteiger partial charge in [-0.25, -0.2) is 0 Å². The first-order valence-corrected chi connectivity index (χ1v) is 6.97. The molecule has 0 fully saturated rings. The van der Waals surface area contributed by atoms with Crippen LogP contribution in [-0.2, 0) is 10.9 Å². The second-order valence-corrected chi connectivity index (χ2v) is 5.93. The van der Waals surface area contributed by atoms with Crippen LogP contribution in [0.5, 0.6) is 0 Å². The average Bonchev–Trinajstić information content (AvgIpc) is 2.31. The lowest BCUT2D eigenvalue weighted by Crippen LogP contribution is -3.00. The highest BCUT2D eigenvalue weighted by atomic mass is 79.9. The van der Waals surface area contributed by atoms with Gasteiger partial charge in [0, 0.05) is 12.0 Å². The number of carbonyl (C=O) groups excluding carboxylic acids is 1. The van der Waals surface area contributed by atoms with Crippen LogP contribution < -0.4 is 17.0 Å². The van der Waals surface area contributed by atoms with Crippen LogP contribution in [0.2, 0.25) is 0 Å². The highest BCUT2D eigenvalue weighted by Crippen LogP contribution is 2.10. The lowest BCUT2D eigenvalue weighted by atomic mass is 10.2. The molecular weight excluding hydrogens is 284 g/mol. The van der Waals surface area contributed by atoms with E-state index in [0.717, 1.165) is 23.5 Å². The maximum absolute atomic E-state index is 11.9. The lowest BCUT2D eigenvalue weighted by Gasteiger charge is -2.08. The van der Waals surface area contributed by atoms with E-state index in [1.165, 1.54) is 5.75 Å². The Morgan fingerprint density at radius 3 is 2.56 bits per heavy atom. The maximum atomic E-state index is 11.9. The van der Waals surface area contributed by atoms with Gasteiger partial charge in [0.1, 0.15) is 11.5 Å². The molecular formula is C13H15BrOS. The van der Waals surface area contributed by atoms with Crippen LogP contribution in [0.15, 0.2) is 42.5 Å². The van der Waals surface area contributed by atoms with Crippen molar-refractivity contribution in [2.45, 2.75) is 6.42 Å². The van der Waals surface area contributed by atoms with E-state index in [1.807, 2.05) is 30.3 Å². The highest BCUT2D eigenvalue weighted by Gasteiger charge is 2.23. The normalized spacial score (nSPS) is 18.9. The SMILES string of the molecule is O=C(C[S+]1CC=CCC1)c1ccccc1.[Br-]. The summed E-state index contributed by atoms with van der Waals surface area (Å²) in [6.07, 6.45) is 5.58. The summed E-state index contributed by atoms with van der Waals surface area (Å²) in [4.78, 5) is 11.9. The van der Waals surface area contributed by atoms with E-state index in [4.69, 9.17) is 0 Å². The van der Waals surface area contributed by atoms with Crippen LogP contribution in [0.1, 0.15) is 16.8 Å². The summed E-state index contributed by atoms with van der Waals surface area (Å²) in [6.45, 7) is 0. The standard InChI is InChI=1S/C13H15OS.BrH/c14-13(12-7-3-1-4-8-12)11-15-9-5-2-6-10-15;/h1-5,7-8H,6,9-11H2;1H/q+1;/p-1. The lowest BCUT2D eigenvalue weighted by molar-refractivity contribution is -0.0000109. The van der Waals surface area contributed by atoms with Gasteiger partial charge in [0.2, 0.25) is 5.78 Å². The van der Waals surface area contributed by atoms with Crippen molar-refractivity contribution in [3.05, 3.63) is 48.0 Å². The van der Waals surface area contributed by atoms with Crippen molar-refractivity contribution in [2.24, 2.45) is 0 Å². The maximum Gasteiger partial charge on any atom is 0.211 e. The summed E-state index contributed by atoms with van der Waals surface area (Å²) in [7, 11) is 0.288. The first kappa shape index (κ1) is 13.5. The summed E-state index contributed by atoms with van der Waals surface area (Å²) >= 11 is 0. The van der Waals surface area contributed by atoms with Crippen LogP contribution >= 0.6 is 0 Å². The molecule has 86 valence electrons. The monoisotopic (exact) mass is 298 g/mol. The topological polar surface area (TPSA) is 17.1 Å². The van der Waals surface area contributed by atoms with Gasteiger partial charge in [0.25, 0.3) is 0 Å². The number of halogens is 1. The molecule has 0 spiro atoms.